The zero-order chi connectivity index (χ0) is 30.8. The summed E-state index contributed by atoms with van der Waals surface area (Å²) in [6, 6.07) is 8.44. The van der Waals surface area contributed by atoms with Gasteiger partial charge in [-0.25, -0.2) is 9.59 Å². The molecule has 8 nitrogen and oxygen atoms in total. The van der Waals surface area contributed by atoms with Gasteiger partial charge in [0.05, 0.1) is 51.1 Å². The number of esters is 2. The number of benzene rings is 2. The van der Waals surface area contributed by atoms with E-state index in [2.05, 4.69) is 4.90 Å². The average Bonchev–Trinajstić information content (AvgIpc) is 2.99. The number of hydrogen-bond acceptors (Lipinski definition) is 8. The zero-order valence-corrected chi connectivity index (χ0v) is 25.8. The molecule has 0 spiro atoms. The van der Waals surface area contributed by atoms with Gasteiger partial charge in [-0.3, -0.25) is 4.90 Å². The molecule has 2 aliphatic rings. The van der Waals surface area contributed by atoms with Crippen LogP contribution in [0.2, 0.25) is 0 Å². The van der Waals surface area contributed by atoms with Crippen molar-refractivity contribution in [3.05, 3.63) is 81.2 Å². The molecule has 0 bridgehead atoms. The van der Waals surface area contributed by atoms with Crippen LogP contribution in [0, 0.1) is 0 Å². The first-order chi connectivity index (χ1) is 19.9. The number of methoxy groups -OCH3 is 4. The van der Waals surface area contributed by atoms with Crippen molar-refractivity contribution in [3.63, 3.8) is 0 Å². The molecule has 1 unspecified atom stereocenters. The van der Waals surface area contributed by atoms with Crippen LogP contribution >= 0.6 is 12.4 Å². The van der Waals surface area contributed by atoms with Gasteiger partial charge >= 0.3 is 18.1 Å². The third kappa shape index (κ3) is 6.78. The molecule has 0 N–H and O–H groups in total. The predicted octanol–water partition coefficient (Wildman–Crippen LogP) is 5.50. The number of carbonyl (C=O) groups excluding carboxylic acids is 2. The molecule has 1 atom stereocenters. The van der Waals surface area contributed by atoms with E-state index in [0.29, 0.717) is 48.0 Å². The van der Waals surface area contributed by atoms with Gasteiger partial charge < -0.3 is 23.8 Å². The maximum atomic E-state index is 13.3. The van der Waals surface area contributed by atoms with Crippen LogP contribution in [-0.4, -0.2) is 70.3 Å². The number of halogens is 4. The van der Waals surface area contributed by atoms with Gasteiger partial charge in [-0.05, 0) is 54.3 Å². The number of allylic oxidation sites excluding steroid dienone is 1. The molecule has 0 saturated carbocycles. The van der Waals surface area contributed by atoms with Gasteiger partial charge in [0.15, 0.2) is 11.5 Å². The number of nitrogens with zero attached hydrogens (tertiary/aromatic N) is 2. The van der Waals surface area contributed by atoms with Crippen molar-refractivity contribution in [1.29, 1.82) is 0 Å². The number of ether oxygens (including phenoxy) is 4. The van der Waals surface area contributed by atoms with E-state index in [9.17, 15) is 22.8 Å². The van der Waals surface area contributed by atoms with Crippen molar-refractivity contribution in [2.45, 2.75) is 38.4 Å². The smallest absolute Gasteiger partial charge is 0.416 e. The summed E-state index contributed by atoms with van der Waals surface area (Å²) < 4.78 is 61.1. The summed E-state index contributed by atoms with van der Waals surface area (Å²) in [5, 5.41) is 0. The molecule has 0 aromatic heterocycles. The highest BCUT2D eigenvalue weighted by atomic mass is 35.5. The number of rotatable bonds is 8. The fourth-order valence-electron chi connectivity index (χ4n) is 5.70. The van der Waals surface area contributed by atoms with Gasteiger partial charge in [0, 0.05) is 44.5 Å². The largest absolute Gasteiger partial charge is 0.493 e. The van der Waals surface area contributed by atoms with Crippen molar-refractivity contribution in [3.8, 4) is 11.5 Å². The van der Waals surface area contributed by atoms with Crippen LogP contribution in [-0.2, 0) is 38.2 Å². The van der Waals surface area contributed by atoms with Crippen molar-refractivity contribution in [2.24, 2.45) is 0 Å². The second kappa shape index (κ2) is 13.7. The Bertz CT molecular complexity index is 1420. The number of hydrogen-bond donors (Lipinski definition) is 0. The van der Waals surface area contributed by atoms with E-state index in [-0.39, 0.29) is 23.6 Å². The summed E-state index contributed by atoms with van der Waals surface area (Å²) in [4.78, 5) is 30.4. The molecule has 0 saturated heterocycles. The first-order valence-corrected chi connectivity index (χ1v) is 13.4. The Balaban J connectivity index is 0.00000506. The minimum Gasteiger partial charge on any atom is -0.493 e. The summed E-state index contributed by atoms with van der Waals surface area (Å²) in [7, 11) is 7.41. The van der Waals surface area contributed by atoms with E-state index >= 15 is 0 Å². The fourth-order valence-corrected chi connectivity index (χ4v) is 5.70. The molecule has 4 rings (SSSR count). The standard InChI is InChI=1S/C31H35F3N2O6.ClH/c1-18-26(29(37)41-5)27(19-7-9-22(10-8-19)31(32,33)34)28(30(38)42-6)23(35(18)2)12-14-36-13-11-20-15-24(39-3)25(40-4)16-21(20)17-36;/h7-10,15-16,27H,11-14,17H2,1-6H3;1H. The van der Waals surface area contributed by atoms with Crippen LogP contribution in [0.25, 0.3) is 0 Å². The maximum absolute atomic E-state index is 13.3. The summed E-state index contributed by atoms with van der Waals surface area (Å²) in [6.45, 7) is 3.74. The number of carbonyl (C=O) groups is 2. The Labute approximate surface area is 255 Å². The Morgan fingerprint density at radius 1 is 0.907 bits per heavy atom. The van der Waals surface area contributed by atoms with E-state index in [1.165, 1.54) is 31.9 Å². The van der Waals surface area contributed by atoms with Crippen molar-refractivity contribution in [1.82, 2.24) is 9.80 Å². The highest BCUT2D eigenvalue weighted by Crippen LogP contribution is 2.44. The van der Waals surface area contributed by atoms with Crippen LogP contribution in [0.4, 0.5) is 13.2 Å². The molecular weight excluding hydrogens is 589 g/mol. The molecule has 0 fully saturated rings. The van der Waals surface area contributed by atoms with E-state index in [1.54, 1.807) is 33.1 Å². The van der Waals surface area contributed by atoms with Crippen molar-refractivity contribution in [2.75, 3.05) is 48.6 Å². The quantitative estimate of drug-likeness (QED) is 0.357. The van der Waals surface area contributed by atoms with E-state index < -0.39 is 29.6 Å². The van der Waals surface area contributed by atoms with Crippen molar-refractivity contribution < 1.29 is 41.7 Å². The Morgan fingerprint density at radius 3 is 2.00 bits per heavy atom. The van der Waals surface area contributed by atoms with E-state index in [1.807, 2.05) is 12.1 Å². The van der Waals surface area contributed by atoms with Gasteiger partial charge in [-0.2, -0.15) is 13.2 Å². The SMILES string of the molecule is COC(=O)C1=C(C)N(C)C(CCN2CCc3cc(OC)c(OC)cc3C2)=C(C(=O)OC)C1c1ccc(C(F)(F)F)cc1.Cl. The normalized spacial score (nSPS) is 17.2. The highest BCUT2D eigenvalue weighted by Gasteiger charge is 2.41. The molecule has 2 aliphatic heterocycles. The molecule has 0 radical (unpaired) electrons. The zero-order valence-electron chi connectivity index (χ0n) is 25.0. The minimum atomic E-state index is -4.53. The molecule has 43 heavy (non-hydrogen) atoms. The number of fused-ring (bicyclic) bond motifs is 1. The Morgan fingerprint density at radius 2 is 1.47 bits per heavy atom. The predicted molar refractivity (Wildman–Crippen MR) is 156 cm³/mol. The summed E-state index contributed by atoms with van der Waals surface area (Å²) in [6.07, 6.45) is -3.31. The third-order valence-corrected chi connectivity index (χ3v) is 8.03. The number of alkyl halides is 3. The van der Waals surface area contributed by atoms with Gasteiger partial charge in [0.1, 0.15) is 0 Å². The molecule has 0 aliphatic carbocycles. The monoisotopic (exact) mass is 624 g/mol. The highest BCUT2D eigenvalue weighted by molar-refractivity contribution is 5.99. The first-order valence-electron chi connectivity index (χ1n) is 13.4. The molecule has 2 aromatic rings. The lowest BCUT2D eigenvalue weighted by Crippen LogP contribution is -2.37. The van der Waals surface area contributed by atoms with E-state index in [4.69, 9.17) is 18.9 Å². The molecular formula is C31H36ClF3N2O6. The van der Waals surface area contributed by atoms with Crippen LogP contribution in [0.5, 0.6) is 11.5 Å². The summed E-state index contributed by atoms with van der Waals surface area (Å²) >= 11 is 0. The molecule has 12 heteroatoms. The average molecular weight is 625 g/mol. The molecule has 2 aromatic carbocycles. The topological polar surface area (TPSA) is 77.5 Å². The second-order valence-corrected chi connectivity index (χ2v) is 10.2. The Hall–Kier alpha value is -3.70. The van der Waals surface area contributed by atoms with Crippen LogP contribution in [0.3, 0.4) is 0 Å². The van der Waals surface area contributed by atoms with Crippen LogP contribution in [0.1, 0.15) is 41.5 Å². The van der Waals surface area contributed by atoms with Crippen LogP contribution in [0.15, 0.2) is 58.9 Å². The second-order valence-electron chi connectivity index (χ2n) is 10.2. The van der Waals surface area contributed by atoms with Gasteiger partial charge in [-0.1, -0.05) is 12.1 Å². The van der Waals surface area contributed by atoms with Gasteiger partial charge in [-0.15, -0.1) is 12.4 Å². The molecule has 234 valence electrons. The Kier molecular flexibility index (Phi) is 10.8. The lowest BCUT2D eigenvalue weighted by atomic mass is 9.79. The van der Waals surface area contributed by atoms with Gasteiger partial charge in [0.25, 0.3) is 0 Å². The van der Waals surface area contributed by atoms with Crippen molar-refractivity contribution >= 4 is 24.3 Å². The summed E-state index contributed by atoms with van der Waals surface area (Å²) in [5.74, 6) is -0.994. The van der Waals surface area contributed by atoms with Crippen LogP contribution < -0.4 is 9.47 Å². The lowest BCUT2D eigenvalue weighted by molar-refractivity contribution is -0.138. The van der Waals surface area contributed by atoms with E-state index in [0.717, 1.165) is 30.7 Å². The maximum Gasteiger partial charge on any atom is 0.416 e. The lowest BCUT2D eigenvalue weighted by Gasteiger charge is -2.38. The minimum absolute atomic E-state index is 0. The fraction of sp³-hybridized carbons (Fsp3) is 0.419. The summed E-state index contributed by atoms with van der Waals surface area (Å²) in [5.41, 5.74) is 3.32. The first kappa shape index (κ1) is 33.8. The molecule has 0 amide bonds. The molecule has 2 heterocycles. The third-order valence-electron chi connectivity index (χ3n) is 8.03. The van der Waals surface area contributed by atoms with Gasteiger partial charge in [0.2, 0.25) is 0 Å².